The van der Waals surface area contributed by atoms with Crippen LogP contribution in [0.5, 0.6) is 0 Å². The Kier molecular flexibility index (Phi) is 9.28. The summed E-state index contributed by atoms with van der Waals surface area (Å²) in [6.07, 6.45) is 6.27. The van der Waals surface area contributed by atoms with Crippen molar-refractivity contribution in [2.45, 2.75) is 76.3 Å². The minimum Gasteiger partial charge on any atom is -0.396 e. The number of carbonyl (C=O) groups is 3. The van der Waals surface area contributed by atoms with Crippen LogP contribution in [0, 0.1) is 11.8 Å². The van der Waals surface area contributed by atoms with Gasteiger partial charge >= 0.3 is 0 Å². The van der Waals surface area contributed by atoms with Crippen molar-refractivity contribution in [3.63, 3.8) is 0 Å². The van der Waals surface area contributed by atoms with Crippen molar-refractivity contribution >= 4 is 17.7 Å². The van der Waals surface area contributed by atoms with Gasteiger partial charge in [0.2, 0.25) is 17.7 Å². The number of rotatable bonds is 14. The standard InChI is InChI=1S/C31H43N3O5/c1-5-17-32(21-23-13-9-7-10-14-23)28(36)25-24-15-16-31(39-24)26(25)29(37)34(19-11-8-12-20-35)27(31)30(38)33(18-6-2)22(3)4/h5-7,9-10,13-14,22,24-27,35H,1-2,8,11-12,15-21H2,3-4H3/t24-,25+,26+,27?,31?/m1/s1. The molecule has 3 saturated heterocycles. The average molecular weight is 538 g/mol. The van der Waals surface area contributed by atoms with Crippen LogP contribution < -0.4 is 0 Å². The third kappa shape index (κ3) is 5.41. The van der Waals surface area contributed by atoms with Gasteiger partial charge in [0, 0.05) is 38.8 Å². The lowest BCUT2D eigenvalue weighted by Crippen LogP contribution is -2.57. The number of ether oxygens (including phenoxy) is 1. The number of fused-ring (bicyclic) bond motifs is 1. The smallest absolute Gasteiger partial charge is 0.248 e. The van der Waals surface area contributed by atoms with Crippen molar-refractivity contribution in [2.24, 2.45) is 11.8 Å². The Hall–Kier alpha value is -2.97. The highest BCUT2D eigenvalue weighted by Gasteiger charge is 2.74. The highest BCUT2D eigenvalue weighted by molar-refractivity contribution is 5.99. The minimum absolute atomic E-state index is 0.0812. The summed E-state index contributed by atoms with van der Waals surface area (Å²) in [7, 11) is 0. The first-order valence-corrected chi connectivity index (χ1v) is 14.2. The summed E-state index contributed by atoms with van der Waals surface area (Å²) in [5.74, 6) is -1.78. The molecule has 4 rings (SSSR count). The van der Waals surface area contributed by atoms with Crippen LogP contribution >= 0.6 is 0 Å². The first-order chi connectivity index (χ1) is 18.8. The Bertz CT molecular complexity index is 1060. The number of aliphatic hydroxyl groups excluding tert-OH is 1. The summed E-state index contributed by atoms with van der Waals surface area (Å²) in [5.41, 5.74) is -0.0170. The van der Waals surface area contributed by atoms with Gasteiger partial charge in [-0.1, -0.05) is 42.5 Å². The second-order valence-corrected chi connectivity index (χ2v) is 11.2. The van der Waals surface area contributed by atoms with E-state index in [1.165, 1.54) is 0 Å². The molecule has 2 bridgehead atoms. The third-order valence-corrected chi connectivity index (χ3v) is 8.49. The highest BCUT2D eigenvalue weighted by Crippen LogP contribution is 2.59. The summed E-state index contributed by atoms with van der Waals surface area (Å²) < 4.78 is 6.62. The number of nitrogens with zero attached hydrogens (tertiary/aromatic N) is 3. The maximum absolute atomic E-state index is 14.2. The molecular weight excluding hydrogens is 494 g/mol. The molecule has 5 atom stereocenters. The van der Waals surface area contributed by atoms with E-state index in [0.717, 1.165) is 12.0 Å². The number of likely N-dealkylation sites (tertiary alicyclic amines) is 1. The van der Waals surface area contributed by atoms with E-state index in [-0.39, 0.29) is 30.4 Å². The molecule has 3 amide bonds. The lowest BCUT2D eigenvalue weighted by atomic mass is 9.70. The number of hydrogen-bond acceptors (Lipinski definition) is 5. The van der Waals surface area contributed by atoms with Gasteiger partial charge in [0.25, 0.3) is 0 Å². The molecule has 3 aliphatic rings. The fraction of sp³-hybridized carbons (Fsp3) is 0.581. The quantitative estimate of drug-likeness (QED) is 0.291. The maximum atomic E-state index is 14.2. The zero-order valence-corrected chi connectivity index (χ0v) is 23.3. The van der Waals surface area contributed by atoms with E-state index in [4.69, 9.17) is 4.74 Å². The second kappa shape index (κ2) is 12.5. The molecule has 0 radical (unpaired) electrons. The van der Waals surface area contributed by atoms with Gasteiger partial charge in [-0.25, -0.2) is 0 Å². The first kappa shape index (κ1) is 29.0. The van der Waals surface area contributed by atoms with Gasteiger partial charge in [0.05, 0.1) is 17.9 Å². The number of benzene rings is 1. The molecule has 0 saturated carbocycles. The minimum atomic E-state index is -1.02. The molecule has 39 heavy (non-hydrogen) atoms. The molecule has 0 aromatic heterocycles. The van der Waals surface area contributed by atoms with E-state index in [1.807, 2.05) is 44.2 Å². The van der Waals surface area contributed by atoms with Crippen molar-refractivity contribution in [1.82, 2.24) is 14.7 Å². The molecule has 1 aromatic carbocycles. The average Bonchev–Trinajstić information content (AvgIpc) is 3.56. The largest absolute Gasteiger partial charge is 0.396 e. The first-order valence-electron chi connectivity index (χ1n) is 14.2. The highest BCUT2D eigenvalue weighted by atomic mass is 16.5. The molecule has 212 valence electrons. The molecule has 3 fully saturated rings. The Balaban J connectivity index is 1.68. The van der Waals surface area contributed by atoms with E-state index in [9.17, 15) is 19.5 Å². The van der Waals surface area contributed by atoms with Crippen molar-refractivity contribution in [2.75, 3.05) is 26.2 Å². The van der Waals surface area contributed by atoms with Crippen molar-refractivity contribution in [3.05, 3.63) is 61.2 Å². The van der Waals surface area contributed by atoms with Gasteiger partial charge < -0.3 is 24.5 Å². The monoisotopic (exact) mass is 537 g/mol. The zero-order chi connectivity index (χ0) is 28.2. The van der Waals surface area contributed by atoms with Gasteiger partial charge in [-0.2, -0.15) is 0 Å². The van der Waals surface area contributed by atoms with Gasteiger partial charge in [-0.3, -0.25) is 14.4 Å². The van der Waals surface area contributed by atoms with E-state index in [0.29, 0.717) is 51.9 Å². The molecule has 8 heteroatoms. The summed E-state index contributed by atoms with van der Waals surface area (Å²) in [4.78, 5) is 47.6. The molecule has 2 unspecified atom stereocenters. The normalized spacial score (nSPS) is 27.1. The molecule has 1 N–H and O–H groups in total. The topological polar surface area (TPSA) is 90.4 Å². The zero-order valence-electron chi connectivity index (χ0n) is 23.3. The van der Waals surface area contributed by atoms with Crippen LogP contribution in [0.15, 0.2) is 55.6 Å². The Morgan fingerprint density at radius 1 is 1.13 bits per heavy atom. The number of carbonyl (C=O) groups excluding carboxylic acids is 3. The Labute approximate surface area is 232 Å². The molecule has 1 spiro atoms. The summed E-state index contributed by atoms with van der Waals surface area (Å²) in [5, 5.41) is 9.24. The summed E-state index contributed by atoms with van der Waals surface area (Å²) in [6.45, 7) is 13.2. The number of amides is 3. The molecule has 3 aliphatic heterocycles. The van der Waals surface area contributed by atoms with E-state index in [2.05, 4.69) is 13.2 Å². The fourth-order valence-electron chi connectivity index (χ4n) is 6.78. The van der Waals surface area contributed by atoms with Crippen LogP contribution in [0.4, 0.5) is 0 Å². The van der Waals surface area contributed by atoms with Gasteiger partial charge in [0.1, 0.15) is 11.6 Å². The molecule has 8 nitrogen and oxygen atoms in total. The number of aliphatic hydroxyl groups is 1. The third-order valence-electron chi connectivity index (χ3n) is 8.49. The lowest BCUT2D eigenvalue weighted by molar-refractivity contribution is -0.149. The molecule has 3 heterocycles. The van der Waals surface area contributed by atoms with Crippen LogP contribution in [-0.2, 0) is 25.7 Å². The van der Waals surface area contributed by atoms with Crippen LogP contribution in [0.2, 0.25) is 0 Å². The van der Waals surface area contributed by atoms with E-state index < -0.39 is 29.6 Å². The van der Waals surface area contributed by atoms with Crippen LogP contribution in [-0.4, -0.2) is 87.6 Å². The lowest BCUT2D eigenvalue weighted by Gasteiger charge is -2.38. The molecule has 1 aromatic rings. The van der Waals surface area contributed by atoms with E-state index >= 15 is 0 Å². The predicted octanol–water partition coefficient (Wildman–Crippen LogP) is 3.16. The molecular formula is C31H43N3O5. The predicted molar refractivity (Wildman–Crippen MR) is 149 cm³/mol. The van der Waals surface area contributed by atoms with Crippen molar-refractivity contribution < 1.29 is 24.2 Å². The molecule has 0 aliphatic carbocycles. The Morgan fingerprint density at radius 2 is 1.85 bits per heavy atom. The van der Waals surface area contributed by atoms with Crippen molar-refractivity contribution in [3.8, 4) is 0 Å². The van der Waals surface area contributed by atoms with Gasteiger partial charge in [-0.15, -0.1) is 13.2 Å². The second-order valence-electron chi connectivity index (χ2n) is 11.2. The van der Waals surface area contributed by atoms with Crippen LogP contribution in [0.25, 0.3) is 0 Å². The summed E-state index contributed by atoms with van der Waals surface area (Å²) >= 11 is 0. The van der Waals surface area contributed by atoms with E-state index in [1.54, 1.807) is 26.9 Å². The maximum Gasteiger partial charge on any atom is 0.248 e. The van der Waals surface area contributed by atoms with Crippen molar-refractivity contribution in [1.29, 1.82) is 0 Å². The van der Waals surface area contributed by atoms with Gasteiger partial charge in [-0.05, 0) is 51.5 Å². The summed E-state index contributed by atoms with van der Waals surface area (Å²) in [6, 6.07) is 8.91. The van der Waals surface area contributed by atoms with Crippen LogP contribution in [0.1, 0.15) is 51.5 Å². The van der Waals surface area contributed by atoms with Crippen LogP contribution in [0.3, 0.4) is 0 Å². The Morgan fingerprint density at radius 3 is 2.49 bits per heavy atom. The fourth-order valence-corrected chi connectivity index (χ4v) is 6.78. The number of unbranched alkanes of at least 4 members (excludes halogenated alkanes) is 2. The SMILES string of the molecule is C=CCN(Cc1ccccc1)C(=O)[C@@H]1[C@H]2C(=O)N(CCCCCO)C(C(=O)N(CC=C)C(C)C)C23CC[C@H]1O3. The van der Waals surface area contributed by atoms with Gasteiger partial charge in [0.15, 0.2) is 0 Å². The number of hydrogen-bond donors (Lipinski definition) is 1.